The van der Waals surface area contributed by atoms with E-state index in [0.29, 0.717) is 29.4 Å². The topological polar surface area (TPSA) is 68.7 Å². The van der Waals surface area contributed by atoms with Gasteiger partial charge in [-0.05, 0) is 30.3 Å². The van der Waals surface area contributed by atoms with Gasteiger partial charge in [0.25, 0.3) is 5.91 Å². The SMILES string of the molecule is COC(=O)c1ccc(C(=O)N2CC[C@@H](Oc3cccc(Cl)c3)C2)cn1. The van der Waals surface area contributed by atoms with Crippen LogP contribution in [0.15, 0.2) is 42.6 Å². The summed E-state index contributed by atoms with van der Waals surface area (Å²) in [5, 5.41) is 0.611. The third-order valence-electron chi connectivity index (χ3n) is 3.94. The van der Waals surface area contributed by atoms with E-state index in [9.17, 15) is 9.59 Å². The molecule has 0 unspecified atom stereocenters. The Morgan fingerprint density at radius 2 is 2.12 bits per heavy atom. The van der Waals surface area contributed by atoms with Gasteiger partial charge in [-0.2, -0.15) is 0 Å². The van der Waals surface area contributed by atoms with E-state index in [4.69, 9.17) is 16.3 Å². The molecule has 0 N–H and O–H groups in total. The predicted octanol–water partition coefficient (Wildman–Crippen LogP) is 2.82. The molecule has 2 aromatic rings. The van der Waals surface area contributed by atoms with Gasteiger partial charge in [-0.25, -0.2) is 9.78 Å². The molecule has 6 nitrogen and oxygen atoms in total. The molecule has 1 aromatic carbocycles. The van der Waals surface area contributed by atoms with Crippen LogP contribution in [0.4, 0.5) is 0 Å². The number of rotatable bonds is 4. The first-order valence-electron chi connectivity index (χ1n) is 7.82. The number of amides is 1. The number of aromatic nitrogens is 1. The Kier molecular flexibility index (Phi) is 5.19. The Balaban J connectivity index is 1.61. The van der Waals surface area contributed by atoms with Crippen LogP contribution >= 0.6 is 11.6 Å². The maximum Gasteiger partial charge on any atom is 0.356 e. The molecular formula is C18H17ClN2O4. The summed E-state index contributed by atoms with van der Waals surface area (Å²) < 4.78 is 10.5. The van der Waals surface area contributed by atoms with Crippen LogP contribution < -0.4 is 4.74 Å². The van der Waals surface area contributed by atoms with Crippen LogP contribution in [0.1, 0.15) is 27.3 Å². The first-order chi connectivity index (χ1) is 12.1. The molecule has 1 amide bonds. The third kappa shape index (κ3) is 4.09. The van der Waals surface area contributed by atoms with E-state index < -0.39 is 5.97 Å². The van der Waals surface area contributed by atoms with Crippen molar-refractivity contribution in [1.29, 1.82) is 0 Å². The monoisotopic (exact) mass is 360 g/mol. The van der Waals surface area contributed by atoms with Crippen LogP contribution in [0.5, 0.6) is 5.75 Å². The number of nitrogens with zero attached hydrogens (tertiary/aromatic N) is 2. The van der Waals surface area contributed by atoms with Crippen molar-refractivity contribution < 1.29 is 19.1 Å². The number of methoxy groups -OCH3 is 1. The fourth-order valence-corrected chi connectivity index (χ4v) is 2.85. The number of pyridine rings is 1. The van der Waals surface area contributed by atoms with E-state index in [1.165, 1.54) is 19.4 Å². The summed E-state index contributed by atoms with van der Waals surface area (Å²) in [6, 6.07) is 10.3. The molecule has 0 aliphatic carbocycles. The van der Waals surface area contributed by atoms with Crippen molar-refractivity contribution in [1.82, 2.24) is 9.88 Å². The van der Waals surface area contributed by atoms with Gasteiger partial charge >= 0.3 is 5.97 Å². The van der Waals surface area contributed by atoms with Gasteiger partial charge in [-0.15, -0.1) is 0 Å². The van der Waals surface area contributed by atoms with Crippen molar-refractivity contribution in [2.24, 2.45) is 0 Å². The second-order valence-corrected chi connectivity index (χ2v) is 6.10. The molecule has 0 radical (unpaired) electrons. The summed E-state index contributed by atoms with van der Waals surface area (Å²) >= 11 is 5.95. The van der Waals surface area contributed by atoms with Gasteiger partial charge in [0.05, 0.1) is 19.2 Å². The first-order valence-corrected chi connectivity index (χ1v) is 8.20. The molecule has 1 aromatic heterocycles. The lowest BCUT2D eigenvalue weighted by atomic mass is 10.2. The number of carbonyl (C=O) groups is 2. The normalized spacial score (nSPS) is 16.6. The highest BCUT2D eigenvalue weighted by molar-refractivity contribution is 6.30. The molecule has 0 bridgehead atoms. The van der Waals surface area contributed by atoms with E-state index >= 15 is 0 Å². The van der Waals surface area contributed by atoms with Gasteiger partial charge in [0.2, 0.25) is 0 Å². The maximum atomic E-state index is 12.5. The summed E-state index contributed by atoms with van der Waals surface area (Å²) in [6.45, 7) is 1.09. The lowest BCUT2D eigenvalue weighted by Crippen LogP contribution is -2.31. The Morgan fingerprint density at radius 1 is 1.28 bits per heavy atom. The molecule has 2 heterocycles. The number of ether oxygens (including phenoxy) is 2. The van der Waals surface area contributed by atoms with Gasteiger partial charge in [-0.1, -0.05) is 17.7 Å². The molecule has 1 fully saturated rings. The average molecular weight is 361 g/mol. The van der Waals surface area contributed by atoms with Crippen molar-refractivity contribution in [3.8, 4) is 5.75 Å². The highest BCUT2D eigenvalue weighted by Crippen LogP contribution is 2.22. The minimum absolute atomic E-state index is 0.0790. The van der Waals surface area contributed by atoms with Crippen molar-refractivity contribution >= 4 is 23.5 Å². The molecule has 1 saturated heterocycles. The van der Waals surface area contributed by atoms with Gasteiger partial charge in [-0.3, -0.25) is 4.79 Å². The summed E-state index contributed by atoms with van der Waals surface area (Å²) in [5.41, 5.74) is 0.596. The fourth-order valence-electron chi connectivity index (χ4n) is 2.67. The minimum atomic E-state index is -0.532. The Hall–Kier alpha value is -2.60. The standard InChI is InChI=1S/C18H17ClN2O4/c1-24-18(23)16-6-5-12(10-20-16)17(22)21-8-7-15(11-21)25-14-4-2-3-13(19)9-14/h2-6,9-10,15H,7-8,11H2,1H3/t15-/m1/s1. The van der Waals surface area contributed by atoms with E-state index in [2.05, 4.69) is 9.72 Å². The number of esters is 1. The number of carbonyl (C=O) groups excluding carboxylic acids is 2. The number of hydrogen-bond acceptors (Lipinski definition) is 5. The molecular weight excluding hydrogens is 344 g/mol. The molecule has 25 heavy (non-hydrogen) atoms. The Labute approximate surface area is 150 Å². The fraction of sp³-hybridized carbons (Fsp3) is 0.278. The summed E-state index contributed by atoms with van der Waals surface area (Å²) in [5.74, 6) is 0.0205. The molecule has 130 valence electrons. The van der Waals surface area contributed by atoms with E-state index in [0.717, 1.165) is 6.42 Å². The molecule has 7 heteroatoms. The zero-order valence-electron chi connectivity index (χ0n) is 13.6. The summed E-state index contributed by atoms with van der Waals surface area (Å²) in [6.07, 6.45) is 2.05. The number of hydrogen-bond donors (Lipinski definition) is 0. The Bertz CT molecular complexity index is 779. The molecule has 3 rings (SSSR count). The molecule has 0 saturated carbocycles. The van der Waals surface area contributed by atoms with Gasteiger partial charge in [0.1, 0.15) is 17.5 Å². The van der Waals surface area contributed by atoms with Gasteiger partial charge in [0, 0.05) is 24.2 Å². The van der Waals surface area contributed by atoms with Crippen molar-refractivity contribution in [2.75, 3.05) is 20.2 Å². The van der Waals surface area contributed by atoms with E-state index in [1.807, 2.05) is 12.1 Å². The molecule has 1 aliphatic rings. The lowest BCUT2D eigenvalue weighted by molar-refractivity contribution is 0.0593. The first kappa shape index (κ1) is 17.2. The molecule has 1 aliphatic heterocycles. The molecule has 1 atom stereocenters. The lowest BCUT2D eigenvalue weighted by Gasteiger charge is -2.17. The zero-order valence-corrected chi connectivity index (χ0v) is 14.4. The average Bonchev–Trinajstić information content (AvgIpc) is 3.09. The van der Waals surface area contributed by atoms with Crippen LogP contribution in [0, 0.1) is 0 Å². The number of likely N-dealkylation sites (tertiary alicyclic amines) is 1. The minimum Gasteiger partial charge on any atom is -0.488 e. The second-order valence-electron chi connectivity index (χ2n) is 5.66. The van der Waals surface area contributed by atoms with Crippen molar-refractivity contribution in [3.63, 3.8) is 0 Å². The van der Waals surface area contributed by atoms with Crippen LogP contribution in [-0.4, -0.2) is 48.1 Å². The predicted molar refractivity (Wildman–Crippen MR) is 92.0 cm³/mol. The third-order valence-corrected chi connectivity index (χ3v) is 4.17. The van der Waals surface area contributed by atoms with Gasteiger partial charge < -0.3 is 14.4 Å². The highest BCUT2D eigenvalue weighted by Gasteiger charge is 2.28. The number of benzene rings is 1. The second kappa shape index (κ2) is 7.53. The van der Waals surface area contributed by atoms with Crippen LogP contribution in [0.3, 0.4) is 0 Å². The van der Waals surface area contributed by atoms with E-state index in [1.54, 1.807) is 23.1 Å². The summed E-state index contributed by atoms with van der Waals surface area (Å²) in [4.78, 5) is 29.6. The number of halogens is 1. The zero-order chi connectivity index (χ0) is 17.8. The Morgan fingerprint density at radius 3 is 2.80 bits per heavy atom. The van der Waals surface area contributed by atoms with Crippen molar-refractivity contribution in [3.05, 3.63) is 58.9 Å². The highest BCUT2D eigenvalue weighted by atomic mass is 35.5. The van der Waals surface area contributed by atoms with Crippen molar-refractivity contribution in [2.45, 2.75) is 12.5 Å². The largest absolute Gasteiger partial charge is 0.488 e. The summed E-state index contributed by atoms with van der Waals surface area (Å²) in [7, 11) is 1.29. The quantitative estimate of drug-likeness (QED) is 0.784. The van der Waals surface area contributed by atoms with Crippen LogP contribution in [0.2, 0.25) is 5.02 Å². The maximum absolute atomic E-state index is 12.5. The van der Waals surface area contributed by atoms with E-state index in [-0.39, 0.29) is 17.7 Å². The molecule has 0 spiro atoms. The smallest absolute Gasteiger partial charge is 0.356 e. The van der Waals surface area contributed by atoms with Gasteiger partial charge in [0.15, 0.2) is 0 Å². The van der Waals surface area contributed by atoms with Crippen LogP contribution in [0.25, 0.3) is 0 Å². The van der Waals surface area contributed by atoms with Crippen LogP contribution in [-0.2, 0) is 4.74 Å².